The van der Waals surface area contributed by atoms with Crippen molar-refractivity contribution in [2.45, 2.75) is 64.6 Å². The predicted molar refractivity (Wildman–Crippen MR) is 94.9 cm³/mol. The second-order valence-corrected chi connectivity index (χ2v) is 7.61. The first kappa shape index (κ1) is 15.0. The summed E-state index contributed by atoms with van der Waals surface area (Å²) < 4.78 is 6.66. The Morgan fingerprint density at radius 2 is 2.00 bits per heavy atom. The zero-order chi connectivity index (χ0) is 16.0. The Hall–Kier alpha value is -1.60. The van der Waals surface area contributed by atoms with Crippen molar-refractivity contribution in [3.05, 3.63) is 69.8 Å². The molecule has 0 fully saturated rings. The van der Waals surface area contributed by atoms with E-state index in [2.05, 4.69) is 57.2 Å². The first-order valence-corrected chi connectivity index (χ1v) is 8.90. The monoisotopic (exact) mass is 306 g/mol. The molecule has 1 aliphatic heterocycles. The first-order valence-electron chi connectivity index (χ1n) is 8.90. The highest BCUT2D eigenvalue weighted by Crippen LogP contribution is 2.44. The lowest BCUT2D eigenvalue weighted by Gasteiger charge is -2.40. The first-order chi connectivity index (χ1) is 11.0. The Morgan fingerprint density at radius 3 is 2.83 bits per heavy atom. The van der Waals surface area contributed by atoms with Crippen LogP contribution in [0.1, 0.15) is 53.1 Å². The van der Waals surface area contributed by atoms with Gasteiger partial charge in [0, 0.05) is 0 Å². The molecule has 23 heavy (non-hydrogen) atoms. The van der Waals surface area contributed by atoms with Gasteiger partial charge in [-0.25, -0.2) is 0 Å². The van der Waals surface area contributed by atoms with Crippen molar-refractivity contribution < 1.29 is 4.74 Å². The summed E-state index contributed by atoms with van der Waals surface area (Å²) >= 11 is 0. The van der Waals surface area contributed by atoms with Crippen molar-refractivity contribution in [2.24, 2.45) is 0 Å². The smallest absolute Gasteiger partial charge is 0.0910 e. The number of hydrogen-bond donors (Lipinski definition) is 0. The molecule has 4 rings (SSSR count). The van der Waals surface area contributed by atoms with Crippen LogP contribution in [0.15, 0.2) is 36.4 Å². The minimum Gasteiger partial charge on any atom is -0.367 e. The van der Waals surface area contributed by atoms with Crippen molar-refractivity contribution in [1.29, 1.82) is 0 Å². The highest BCUT2D eigenvalue weighted by Gasteiger charge is 2.40. The molecule has 1 heteroatoms. The lowest BCUT2D eigenvalue weighted by molar-refractivity contribution is -0.103. The van der Waals surface area contributed by atoms with E-state index in [1.807, 2.05) is 0 Å². The van der Waals surface area contributed by atoms with Gasteiger partial charge in [-0.15, -0.1) is 0 Å². The van der Waals surface area contributed by atoms with E-state index >= 15 is 0 Å². The van der Waals surface area contributed by atoms with Crippen LogP contribution in [-0.4, -0.2) is 6.10 Å². The molecule has 2 aromatic carbocycles. The van der Waals surface area contributed by atoms with Crippen LogP contribution >= 0.6 is 0 Å². The molecule has 1 heterocycles. The third-order valence-electron chi connectivity index (χ3n) is 5.72. The maximum atomic E-state index is 6.66. The van der Waals surface area contributed by atoms with Gasteiger partial charge in [-0.1, -0.05) is 42.0 Å². The van der Waals surface area contributed by atoms with Gasteiger partial charge in [0.1, 0.15) is 0 Å². The van der Waals surface area contributed by atoms with E-state index in [1.165, 1.54) is 35.1 Å². The topological polar surface area (TPSA) is 9.23 Å². The second-order valence-electron chi connectivity index (χ2n) is 7.61. The van der Waals surface area contributed by atoms with E-state index in [0.717, 1.165) is 19.3 Å². The van der Waals surface area contributed by atoms with E-state index in [1.54, 1.807) is 11.1 Å². The Kier molecular flexibility index (Phi) is 3.57. The van der Waals surface area contributed by atoms with Crippen molar-refractivity contribution in [2.75, 3.05) is 0 Å². The van der Waals surface area contributed by atoms with Gasteiger partial charge in [0.2, 0.25) is 0 Å². The van der Waals surface area contributed by atoms with Crippen LogP contribution in [0, 0.1) is 13.8 Å². The summed E-state index contributed by atoms with van der Waals surface area (Å²) in [6, 6.07) is 13.5. The molecule has 2 aromatic rings. The quantitative estimate of drug-likeness (QED) is 0.755. The average Bonchev–Trinajstić information content (AvgIpc) is 2.54. The molecule has 0 aromatic heterocycles. The molecular weight excluding hydrogens is 280 g/mol. The molecule has 0 saturated heterocycles. The fourth-order valence-corrected chi connectivity index (χ4v) is 4.60. The van der Waals surface area contributed by atoms with E-state index in [0.29, 0.717) is 6.10 Å². The third kappa shape index (κ3) is 2.61. The highest BCUT2D eigenvalue weighted by molar-refractivity contribution is 5.46. The van der Waals surface area contributed by atoms with Crippen molar-refractivity contribution in [3.8, 4) is 0 Å². The number of ether oxygens (including phenoxy) is 1. The lowest BCUT2D eigenvalue weighted by atomic mass is 9.81. The molecule has 2 aliphatic rings. The molecule has 0 amide bonds. The van der Waals surface area contributed by atoms with Crippen molar-refractivity contribution in [3.63, 3.8) is 0 Å². The number of hydrogen-bond acceptors (Lipinski definition) is 1. The van der Waals surface area contributed by atoms with Gasteiger partial charge in [-0.05, 0) is 80.7 Å². The van der Waals surface area contributed by atoms with Gasteiger partial charge in [0.05, 0.1) is 11.7 Å². The van der Waals surface area contributed by atoms with Gasteiger partial charge >= 0.3 is 0 Å². The highest BCUT2D eigenvalue weighted by atomic mass is 16.5. The molecule has 0 spiro atoms. The summed E-state index contributed by atoms with van der Waals surface area (Å²) in [5.74, 6) is 0. The fourth-order valence-electron chi connectivity index (χ4n) is 4.60. The predicted octanol–water partition coefficient (Wildman–Crippen LogP) is 5.04. The maximum Gasteiger partial charge on any atom is 0.0910 e. The molecule has 0 saturated carbocycles. The third-order valence-corrected chi connectivity index (χ3v) is 5.72. The Morgan fingerprint density at radius 1 is 1.13 bits per heavy atom. The summed E-state index contributed by atoms with van der Waals surface area (Å²) in [6.07, 6.45) is 5.96. The zero-order valence-corrected chi connectivity index (χ0v) is 14.5. The van der Waals surface area contributed by atoms with Crippen LogP contribution < -0.4 is 0 Å². The lowest BCUT2D eigenvalue weighted by Crippen LogP contribution is -2.39. The number of aryl methyl sites for hydroxylation is 2. The van der Waals surface area contributed by atoms with Crippen LogP contribution in [0.3, 0.4) is 0 Å². The van der Waals surface area contributed by atoms with Crippen LogP contribution in [0.4, 0.5) is 0 Å². The summed E-state index contributed by atoms with van der Waals surface area (Å²) in [7, 11) is 0. The van der Waals surface area contributed by atoms with Gasteiger partial charge in [-0.2, -0.15) is 0 Å². The minimum absolute atomic E-state index is 0.0962. The second kappa shape index (κ2) is 5.49. The van der Waals surface area contributed by atoms with E-state index in [4.69, 9.17) is 4.74 Å². The molecule has 1 unspecified atom stereocenters. The summed E-state index contributed by atoms with van der Waals surface area (Å²) in [5, 5.41) is 0. The molecule has 120 valence electrons. The largest absolute Gasteiger partial charge is 0.367 e. The van der Waals surface area contributed by atoms with E-state index in [9.17, 15) is 0 Å². The Balaban J connectivity index is 1.70. The molecule has 4 bridgehead atoms. The SMILES string of the molecule is Cc1cccc(CC2Cc3c4ccc(C)c3CCC[C@]4(C)O2)c1. The molecule has 1 nitrogen and oxygen atoms in total. The van der Waals surface area contributed by atoms with Gasteiger partial charge < -0.3 is 4.74 Å². The summed E-state index contributed by atoms with van der Waals surface area (Å²) in [5.41, 5.74) is 8.75. The minimum atomic E-state index is -0.0962. The van der Waals surface area contributed by atoms with Crippen LogP contribution in [-0.2, 0) is 29.6 Å². The molecule has 1 aliphatic carbocycles. The van der Waals surface area contributed by atoms with Gasteiger partial charge in [0.25, 0.3) is 0 Å². The number of rotatable bonds is 2. The number of benzene rings is 2. The van der Waals surface area contributed by atoms with E-state index < -0.39 is 0 Å². The standard InChI is InChI=1S/C22H26O/c1-15-6-4-7-17(12-15)13-18-14-20-19-8-5-11-22(3,23-18)21(20)10-9-16(19)2/h4,6-7,9-10,12,18H,5,8,11,13-14H2,1-3H3/t18?,22-/m0/s1. The van der Waals surface area contributed by atoms with Crippen molar-refractivity contribution >= 4 is 0 Å². The average molecular weight is 306 g/mol. The molecular formula is C22H26O. The maximum absolute atomic E-state index is 6.66. The normalized spacial score (nSPS) is 26.0. The zero-order valence-electron chi connectivity index (χ0n) is 14.5. The summed E-state index contributed by atoms with van der Waals surface area (Å²) in [6.45, 7) is 6.74. The Labute approximate surface area is 139 Å². The van der Waals surface area contributed by atoms with E-state index in [-0.39, 0.29) is 5.60 Å². The summed E-state index contributed by atoms with van der Waals surface area (Å²) in [4.78, 5) is 0. The fraction of sp³-hybridized carbons (Fsp3) is 0.455. The Bertz CT molecular complexity index is 746. The van der Waals surface area contributed by atoms with Crippen LogP contribution in [0.25, 0.3) is 0 Å². The van der Waals surface area contributed by atoms with Crippen LogP contribution in [0.2, 0.25) is 0 Å². The molecule has 0 radical (unpaired) electrons. The van der Waals surface area contributed by atoms with Crippen molar-refractivity contribution in [1.82, 2.24) is 0 Å². The van der Waals surface area contributed by atoms with Crippen LogP contribution in [0.5, 0.6) is 0 Å². The van der Waals surface area contributed by atoms with Gasteiger partial charge in [-0.3, -0.25) is 0 Å². The van der Waals surface area contributed by atoms with Gasteiger partial charge in [0.15, 0.2) is 0 Å². The molecule has 0 N–H and O–H groups in total. The molecule has 2 atom stereocenters.